The van der Waals surface area contributed by atoms with E-state index in [9.17, 15) is 23.1 Å². The Balaban J connectivity index is 1.95. The van der Waals surface area contributed by atoms with E-state index < -0.39 is 52.8 Å². The molecule has 3 rings (SSSR count). The number of esters is 2. The van der Waals surface area contributed by atoms with E-state index in [1.807, 2.05) is 0 Å². The maximum Gasteiger partial charge on any atom is 0.338 e. The van der Waals surface area contributed by atoms with Crippen LogP contribution in [0.25, 0.3) is 0 Å². The van der Waals surface area contributed by atoms with Crippen molar-refractivity contribution in [3.05, 3.63) is 71.8 Å². The van der Waals surface area contributed by atoms with Gasteiger partial charge in [-0.25, -0.2) is 9.59 Å². The number of alkyl halides is 1. The Morgan fingerprint density at radius 2 is 1.38 bits per heavy atom. The van der Waals surface area contributed by atoms with Crippen molar-refractivity contribution >= 4 is 33.7 Å². The minimum absolute atomic E-state index is 0.155. The zero-order valence-corrected chi connectivity index (χ0v) is 18.4. The maximum absolute atomic E-state index is 12.7. The third kappa shape index (κ3) is 6.05. The number of aliphatic hydroxyl groups is 1. The first kappa shape index (κ1) is 24.1. The first-order valence-electron chi connectivity index (χ1n) is 9.49. The number of hydrogen-bond acceptors (Lipinski definition) is 9. The molecule has 172 valence electrons. The molecule has 0 bridgehead atoms. The lowest BCUT2D eigenvalue weighted by atomic mass is 9.99. The summed E-state index contributed by atoms with van der Waals surface area (Å²) in [4.78, 5) is 25.3. The normalized spacial score (nSPS) is 25.7. The largest absolute Gasteiger partial charge is 0.452 e. The van der Waals surface area contributed by atoms with Crippen LogP contribution in [-0.4, -0.2) is 68.3 Å². The van der Waals surface area contributed by atoms with Crippen LogP contribution < -0.4 is 0 Å². The molecule has 1 aliphatic rings. The molecule has 32 heavy (non-hydrogen) atoms. The van der Waals surface area contributed by atoms with E-state index in [-0.39, 0.29) is 17.0 Å². The number of carbonyl (C=O) groups excluding carboxylic acids is 2. The van der Waals surface area contributed by atoms with Gasteiger partial charge in [-0.15, -0.1) is 11.6 Å². The summed E-state index contributed by atoms with van der Waals surface area (Å²) in [7, 11) is -4.07. The second-order valence-electron chi connectivity index (χ2n) is 6.96. The van der Waals surface area contributed by atoms with Gasteiger partial charge in [0.1, 0.15) is 12.2 Å². The topological polar surface area (TPSA) is 125 Å². The van der Waals surface area contributed by atoms with Crippen molar-refractivity contribution in [1.29, 1.82) is 0 Å². The molecule has 1 N–H and O–H groups in total. The van der Waals surface area contributed by atoms with Crippen LogP contribution in [0.3, 0.4) is 0 Å². The van der Waals surface area contributed by atoms with E-state index in [1.165, 1.54) is 24.3 Å². The summed E-state index contributed by atoms with van der Waals surface area (Å²) in [6.45, 7) is 0. The van der Waals surface area contributed by atoms with Crippen LogP contribution in [0.1, 0.15) is 20.7 Å². The maximum atomic E-state index is 12.7. The van der Waals surface area contributed by atoms with Gasteiger partial charge in [0.15, 0.2) is 18.5 Å². The van der Waals surface area contributed by atoms with Gasteiger partial charge in [0, 0.05) is 0 Å². The molecular weight excluding hydrogens is 464 g/mol. The SMILES string of the molecule is CS(=O)(=O)OC1C(CCl)OC(O)C(OC(=O)c2ccccc2)C1OC(=O)c1ccccc1. The van der Waals surface area contributed by atoms with Crippen molar-refractivity contribution in [2.24, 2.45) is 0 Å². The molecule has 1 aliphatic heterocycles. The number of ether oxygens (including phenoxy) is 3. The van der Waals surface area contributed by atoms with Crippen LogP contribution in [-0.2, 0) is 28.5 Å². The molecule has 0 saturated carbocycles. The van der Waals surface area contributed by atoms with Crippen LogP contribution >= 0.6 is 11.6 Å². The monoisotopic (exact) mass is 484 g/mol. The lowest BCUT2D eigenvalue weighted by Crippen LogP contribution is -2.61. The fraction of sp³-hybridized carbons (Fsp3) is 0.333. The van der Waals surface area contributed by atoms with Gasteiger partial charge in [0.25, 0.3) is 10.1 Å². The number of aliphatic hydroxyl groups excluding tert-OH is 1. The van der Waals surface area contributed by atoms with Crippen LogP contribution in [0.5, 0.6) is 0 Å². The van der Waals surface area contributed by atoms with Crippen LogP contribution in [0.4, 0.5) is 0 Å². The van der Waals surface area contributed by atoms with Gasteiger partial charge in [-0.2, -0.15) is 8.42 Å². The Hall–Kier alpha value is -2.50. The smallest absolute Gasteiger partial charge is 0.338 e. The van der Waals surface area contributed by atoms with E-state index >= 15 is 0 Å². The molecule has 0 amide bonds. The highest BCUT2D eigenvalue weighted by Crippen LogP contribution is 2.30. The van der Waals surface area contributed by atoms with Gasteiger partial charge >= 0.3 is 11.9 Å². The standard InChI is InChI=1S/C21H21ClO9S/c1-32(26,27)31-16-15(12-22)28-21(25)18(30-20(24)14-10-6-3-7-11-14)17(16)29-19(23)13-8-4-2-5-9-13/h2-11,15-18,21,25H,12H2,1H3. The summed E-state index contributed by atoms with van der Waals surface area (Å²) >= 11 is 5.88. The van der Waals surface area contributed by atoms with E-state index in [0.29, 0.717) is 0 Å². The third-order valence-corrected chi connectivity index (χ3v) is 5.43. The first-order valence-corrected chi connectivity index (χ1v) is 11.8. The molecule has 0 radical (unpaired) electrons. The Kier molecular flexibility index (Phi) is 7.86. The van der Waals surface area contributed by atoms with E-state index in [0.717, 1.165) is 6.26 Å². The van der Waals surface area contributed by atoms with E-state index in [1.54, 1.807) is 36.4 Å². The average Bonchev–Trinajstić information content (AvgIpc) is 2.77. The lowest BCUT2D eigenvalue weighted by molar-refractivity contribution is -0.270. The van der Waals surface area contributed by atoms with Gasteiger partial charge in [0.2, 0.25) is 0 Å². The number of benzene rings is 2. The quantitative estimate of drug-likeness (QED) is 0.355. The summed E-state index contributed by atoms with van der Waals surface area (Å²) in [5.74, 6) is -1.99. The van der Waals surface area contributed by atoms with Crippen molar-refractivity contribution in [2.45, 2.75) is 30.7 Å². The van der Waals surface area contributed by atoms with Crippen LogP contribution in [0.2, 0.25) is 0 Å². The predicted molar refractivity (Wildman–Crippen MR) is 113 cm³/mol. The average molecular weight is 485 g/mol. The fourth-order valence-corrected chi connectivity index (χ4v) is 4.01. The summed E-state index contributed by atoms with van der Waals surface area (Å²) in [6, 6.07) is 15.7. The van der Waals surface area contributed by atoms with Crippen molar-refractivity contribution in [2.75, 3.05) is 12.1 Å². The Morgan fingerprint density at radius 3 is 1.81 bits per heavy atom. The second kappa shape index (κ2) is 10.4. The fourth-order valence-electron chi connectivity index (χ4n) is 3.13. The molecule has 0 aromatic heterocycles. The van der Waals surface area contributed by atoms with Gasteiger partial charge < -0.3 is 19.3 Å². The minimum Gasteiger partial charge on any atom is -0.452 e. The number of rotatable bonds is 7. The number of halogens is 1. The lowest BCUT2D eigenvalue weighted by Gasteiger charge is -2.42. The molecule has 5 atom stereocenters. The molecule has 0 spiro atoms. The molecule has 1 heterocycles. The summed E-state index contributed by atoms with van der Waals surface area (Å²) in [5, 5.41) is 10.5. The molecular formula is C21H21ClO9S. The molecule has 5 unspecified atom stereocenters. The summed E-state index contributed by atoms with van der Waals surface area (Å²) in [6.07, 6.45) is -6.77. The highest BCUT2D eigenvalue weighted by molar-refractivity contribution is 7.86. The highest BCUT2D eigenvalue weighted by atomic mass is 35.5. The number of carbonyl (C=O) groups is 2. The summed E-state index contributed by atoms with van der Waals surface area (Å²) < 4.78 is 45.0. The zero-order valence-electron chi connectivity index (χ0n) is 16.9. The van der Waals surface area contributed by atoms with Crippen molar-refractivity contribution < 1.29 is 41.5 Å². The predicted octanol–water partition coefficient (Wildman–Crippen LogP) is 1.74. The van der Waals surface area contributed by atoms with Crippen LogP contribution in [0, 0.1) is 0 Å². The zero-order chi connectivity index (χ0) is 23.3. The van der Waals surface area contributed by atoms with Gasteiger partial charge in [-0.1, -0.05) is 36.4 Å². The Bertz CT molecular complexity index is 1030. The molecule has 2 aromatic rings. The molecule has 11 heteroatoms. The Morgan fingerprint density at radius 1 is 0.906 bits per heavy atom. The first-order chi connectivity index (χ1) is 15.2. The van der Waals surface area contributed by atoms with Gasteiger partial charge in [0.05, 0.1) is 23.3 Å². The second-order valence-corrected chi connectivity index (χ2v) is 8.87. The third-order valence-electron chi connectivity index (χ3n) is 4.55. The van der Waals surface area contributed by atoms with Crippen molar-refractivity contribution in [1.82, 2.24) is 0 Å². The van der Waals surface area contributed by atoms with Crippen molar-refractivity contribution in [3.8, 4) is 0 Å². The van der Waals surface area contributed by atoms with Crippen LogP contribution in [0.15, 0.2) is 60.7 Å². The molecule has 0 aliphatic carbocycles. The molecule has 1 saturated heterocycles. The number of hydrogen-bond donors (Lipinski definition) is 1. The van der Waals surface area contributed by atoms with Crippen molar-refractivity contribution in [3.63, 3.8) is 0 Å². The van der Waals surface area contributed by atoms with Gasteiger partial charge in [-0.05, 0) is 24.3 Å². The van der Waals surface area contributed by atoms with E-state index in [4.69, 9.17) is 30.0 Å². The van der Waals surface area contributed by atoms with E-state index in [2.05, 4.69) is 0 Å². The Labute approximate surface area is 189 Å². The minimum atomic E-state index is -4.07. The van der Waals surface area contributed by atoms with Gasteiger partial charge in [-0.3, -0.25) is 4.18 Å². The highest BCUT2D eigenvalue weighted by Gasteiger charge is 2.51. The molecule has 9 nitrogen and oxygen atoms in total. The molecule has 1 fully saturated rings. The molecule has 2 aromatic carbocycles. The summed E-state index contributed by atoms with van der Waals surface area (Å²) in [5.41, 5.74) is 0.315.